The van der Waals surface area contributed by atoms with Gasteiger partial charge in [0.25, 0.3) is 0 Å². The zero-order valence-corrected chi connectivity index (χ0v) is 18.4. The first-order valence-electron chi connectivity index (χ1n) is 10.9. The van der Waals surface area contributed by atoms with Gasteiger partial charge in [0.2, 0.25) is 5.16 Å². The Morgan fingerprint density at radius 1 is 1.03 bits per heavy atom. The second-order valence-corrected chi connectivity index (χ2v) is 10.3. The third-order valence-electron chi connectivity index (χ3n) is 6.24. The molecule has 0 unspecified atom stereocenters. The highest BCUT2D eigenvalue weighted by Gasteiger charge is 2.20. The first-order valence-corrected chi connectivity index (χ1v) is 12.7. The second-order valence-electron chi connectivity index (χ2n) is 8.31. The number of fused-ring (bicyclic) bond motifs is 3. The van der Waals surface area contributed by atoms with Crippen molar-refractivity contribution in [1.82, 2.24) is 25.1 Å². The van der Waals surface area contributed by atoms with Crippen LogP contribution in [0.25, 0.3) is 10.2 Å². The summed E-state index contributed by atoms with van der Waals surface area (Å²) in [6.07, 6.45) is 13.8. The van der Waals surface area contributed by atoms with E-state index < -0.39 is 0 Å². The van der Waals surface area contributed by atoms with E-state index in [0.717, 1.165) is 52.2 Å². The summed E-state index contributed by atoms with van der Waals surface area (Å²) >= 11 is 3.39. The summed E-state index contributed by atoms with van der Waals surface area (Å²) in [6.45, 7) is 0. The van der Waals surface area contributed by atoms with Crippen LogP contribution in [0.5, 0.6) is 0 Å². The smallest absolute Gasteiger partial charge is 0.208 e. The van der Waals surface area contributed by atoms with Crippen LogP contribution in [0, 0.1) is 5.92 Å². The number of nitrogens with one attached hydrogen (secondary N) is 1. The molecule has 0 atom stereocenters. The average Bonchev–Trinajstić information content (AvgIpc) is 3.43. The molecule has 0 bridgehead atoms. The highest BCUT2D eigenvalue weighted by atomic mass is 32.2. The first-order chi connectivity index (χ1) is 14.3. The van der Waals surface area contributed by atoms with Gasteiger partial charge in [-0.15, -0.1) is 16.4 Å². The number of hydrogen-bond donors (Lipinski definition) is 2. The lowest BCUT2D eigenvalue weighted by Crippen LogP contribution is -2.00. The van der Waals surface area contributed by atoms with Gasteiger partial charge in [0.1, 0.15) is 22.3 Å². The maximum Gasteiger partial charge on any atom is 0.208 e. The highest BCUT2D eigenvalue weighted by Crippen LogP contribution is 2.37. The van der Waals surface area contributed by atoms with E-state index >= 15 is 0 Å². The van der Waals surface area contributed by atoms with Gasteiger partial charge < -0.3 is 5.73 Å². The SMILES string of the molecule is Nc1nc(CSc2n[nH]c(CCC3CCCC3)n2)nc2sc3c(c12)CCCCC3. The Morgan fingerprint density at radius 2 is 1.90 bits per heavy atom. The fraction of sp³-hybridized carbons (Fsp3) is 0.619. The Bertz CT molecular complexity index is 989. The molecule has 8 heteroatoms. The van der Waals surface area contributed by atoms with Crippen molar-refractivity contribution >= 4 is 39.1 Å². The van der Waals surface area contributed by atoms with Crippen molar-refractivity contribution in [1.29, 1.82) is 0 Å². The van der Waals surface area contributed by atoms with E-state index in [1.807, 2.05) is 11.3 Å². The number of thiophene rings is 1. The molecule has 3 aromatic heterocycles. The lowest BCUT2D eigenvalue weighted by Gasteiger charge is -2.05. The number of H-pyrrole nitrogens is 1. The molecule has 0 radical (unpaired) electrons. The van der Waals surface area contributed by atoms with Crippen molar-refractivity contribution in [2.75, 3.05) is 5.73 Å². The molecular weight excluding hydrogens is 400 g/mol. The molecule has 3 heterocycles. The first kappa shape index (κ1) is 19.3. The number of rotatable bonds is 6. The van der Waals surface area contributed by atoms with Gasteiger partial charge in [0.15, 0.2) is 0 Å². The number of thioether (sulfide) groups is 1. The number of hydrogen-bond acceptors (Lipinski definition) is 7. The molecule has 2 aliphatic carbocycles. The van der Waals surface area contributed by atoms with Crippen molar-refractivity contribution in [3.63, 3.8) is 0 Å². The van der Waals surface area contributed by atoms with E-state index in [4.69, 9.17) is 10.7 Å². The minimum absolute atomic E-state index is 0.636. The molecule has 5 rings (SSSR count). The summed E-state index contributed by atoms with van der Waals surface area (Å²) in [6, 6.07) is 0. The van der Waals surface area contributed by atoms with Crippen LogP contribution in [0.2, 0.25) is 0 Å². The molecule has 154 valence electrons. The maximum absolute atomic E-state index is 6.36. The molecule has 0 saturated heterocycles. The Morgan fingerprint density at radius 3 is 2.79 bits per heavy atom. The van der Waals surface area contributed by atoms with Crippen LogP contribution in [0.3, 0.4) is 0 Å². The molecule has 6 nitrogen and oxygen atoms in total. The largest absolute Gasteiger partial charge is 0.383 e. The second kappa shape index (κ2) is 8.60. The van der Waals surface area contributed by atoms with Gasteiger partial charge in [-0.25, -0.2) is 15.0 Å². The van der Waals surface area contributed by atoms with E-state index in [-0.39, 0.29) is 0 Å². The van der Waals surface area contributed by atoms with E-state index in [1.165, 1.54) is 61.8 Å². The number of aryl methyl sites for hydroxylation is 3. The number of aromatic amines is 1. The summed E-state index contributed by atoms with van der Waals surface area (Å²) in [5, 5.41) is 9.35. The van der Waals surface area contributed by atoms with E-state index in [0.29, 0.717) is 11.6 Å². The van der Waals surface area contributed by atoms with Crippen molar-refractivity contribution in [3.8, 4) is 0 Å². The van der Waals surface area contributed by atoms with Crippen LogP contribution >= 0.6 is 23.1 Å². The van der Waals surface area contributed by atoms with Crippen molar-refractivity contribution in [3.05, 3.63) is 22.1 Å². The van der Waals surface area contributed by atoms with Crippen molar-refractivity contribution in [2.24, 2.45) is 5.92 Å². The molecule has 1 fully saturated rings. The average molecular weight is 429 g/mol. The topological polar surface area (TPSA) is 93.4 Å². The predicted octanol–water partition coefficient (Wildman–Crippen LogP) is 5.08. The third kappa shape index (κ3) is 4.28. The molecule has 3 N–H and O–H groups in total. The fourth-order valence-electron chi connectivity index (χ4n) is 4.70. The van der Waals surface area contributed by atoms with Crippen LogP contribution in [-0.4, -0.2) is 25.1 Å². The maximum atomic E-state index is 6.36. The van der Waals surface area contributed by atoms with Gasteiger partial charge in [0, 0.05) is 11.3 Å². The van der Waals surface area contributed by atoms with Gasteiger partial charge in [-0.1, -0.05) is 43.9 Å². The lowest BCUT2D eigenvalue weighted by molar-refractivity contribution is 0.497. The van der Waals surface area contributed by atoms with E-state index in [2.05, 4.69) is 20.2 Å². The van der Waals surface area contributed by atoms with Gasteiger partial charge in [-0.3, -0.25) is 5.10 Å². The molecule has 3 aromatic rings. The summed E-state index contributed by atoms with van der Waals surface area (Å²) in [7, 11) is 0. The molecule has 1 saturated carbocycles. The molecule has 0 aliphatic heterocycles. The van der Waals surface area contributed by atoms with Crippen LogP contribution in [0.1, 0.15) is 73.5 Å². The summed E-state index contributed by atoms with van der Waals surface area (Å²) in [4.78, 5) is 16.6. The van der Waals surface area contributed by atoms with Crippen molar-refractivity contribution < 1.29 is 0 Å². The zero-order valence-electron chi connectivity index (χ0n) is 16.7. The fourth-order valence-corrected chi connectivity index (χ4v) is 6.66. The molecule has 0 aromatic carbocycles. The monoisotopic (exact) mass is 428 g/mol. The Balaban J connectivity index is 1.25. The molecule has 0 spiro atoms. The summed E-state index contributed by atoms with van der Waals surface area (Å²) < 4.78 is 0. The zero-order chi connectivity index (χ0) is 19.6. The van der Waals surface area contributed by atoms with E-state index in [9.17, 15) is 0 Å². The van der Waals surface area contributed by atoms with Gasteiger partial charge in [0.05, 0.1) is 11.1 Å². The number of anilines is 1. The van der Waals surface area contributed by atoms with Crippen LogP contribution in [0.4, 0.5) is 5.82 Å². The van der Waals surface area contributed by atoms with Crippen LogP contribution in [-0.2, 0) is 25.0 Å². The third-order valence-corrected chi connectivity index (χ3v) is 8.27. The number of aromatic nitrogens is 5. The number of nitrogen functional groups attached to an aromatic ring is 1. The van der Waals surface area contributed by atoms with E-state index in [1.54, 1.807) is 11.8 Å². The van der Waals surface area contributed by atoms with Crippen LogP contribution < -0.4 is 5.73 Å². The standard InChI is InChI=1S/C21H28N6S2/c22-19-18-14-8-2-1-3-9-15(14)29-20(18)24-17(23-19)12-28-21-25-16(26-27-21)11-10-13-6-4-5-7-13/h13H,1-12H2,(H2,22,23,24)(H,25,26,27). The quantitative estimate of drug-likeness (QED) is 0.420. The number of nitrogens with zero attached hydrogens (tertiary/aromatic N) is 4. The van der Waals surface area contributed by atoms with Crippen molar-refractivity contribution in [2.45, 2.75) is 81.5 Å². The Hall–Kier alpha value is -1.67. The predicted molar refractivity (Wildman–Crippen MR) is 119 cm³/mol. The Labute approximate surface area is 179 Å². The normalized spacial score (nSPS) is 17.7. The highest BCUT2D eigenvalue weighted by molar-refractivity contribution is 7.98. The number of nitrogens with two attached hydrogens (primary N) is 1. The minimum Gasteiger partial charge on any atom is -0.383 e. The lowest BCUT2D eigenvalue weighted by atomic mass is 10.0. The van der Waals surface area contributed by atoms with Gasteiger partial charge in [-0.05, 0) is 43.6 Å². The molecular formula is C21H28N6S2. The summed E-state index contributed by atoms with van der Waals surface area (Å²) in [5.41, 5.74) is 7.76. The van der Waals surface area contributed by atoms with Gasteiger partial charge >= 0.3 is 0 Å². The molecule has 2 aliphatic rings. The van der Waals surface area contributed by atoms with Crippen LogP contribution in [0.15, 0.2) is 5.16 Å². The minimum atomic E-state index is 0.636. The molecule has 0 amide bonds. The molecule has 29 heavy (non-hydrogen) atoms. The Kier molecular flexibility index (Phi) is 5.72. The summed E-state index contributed by atoms with van der Waals surface area (Å²) in [5.74, 6) is 3.92. The van der Waals surface area contributed by atoms with Gasteiger partial charge in [-0.2, -0.15) is 0 Å².